The van der Waals surface area contributed by atoms with E-state index >= 15 is 0 Å². The first-order chi connectivity index (χ1) is 6.06. The van der Waals surface area contributed by atoms with Crippen LogP contribution in [-0.4, -0.2) is 9.55 Å². The number of anilines is 1. The van der Waals surface area contributed by atoms with Gasteiger partial charge in [0.25, 0.3) is 5.56 Å². The van der Waals surface area contributed by atoms with Crippen LogP contribution in [0.5, 0.6) is 0 Å². The van der Waals surface area contributed by atoms with Crippen LogP contribution in [-0.2, 0) is 0 Å². The summed E-state index contributed by atoms with van der Waals surface area (Å²) < 4.78 is 1.07. The summed E-state index contributed by atoms with van der Waals surface area (Å²) in [5, 5.41) is 8.53. The molecule has 0 spiro atoms. The van der Waals surface area contributed by atoms with Crippen LogP contribution >= 0.6 is 0 Å². The quantitative estimate of drug-likeness (QED) is 0.590. The van der Waals surface area contributed by atoms with Crippen molar-refractivity contribution in [2.75, 3.05) is 5.73 Å². The average Bonchev–Trinajstić information content (AvgIpc) is 2.10. The van der Waals surface area contributed by atoms with E-state index in [9.17, 15) is 9.59 Å². The lowest BCUT2D eigenvalue weighted by Crippen LogP contribution is -2.32. The maximum Gasteiger partial charge on any atom is 0.329 e. The van der Waals surface area contributed by atoms with E-state index in [0.717, 1.165) is 10.8 Å². The normalized spacial score (nSPS) is 12.0. The summed E-state index contributed by atoms with van der Waals surface area (Å²) in [7, 11) is 0. The summed E-state index contributed by atoms with van der Waals surface area (Å²) in [5.74, 6) is 0. The van der Waals surface area contributed by atoms with Gasteiger partial charge in [0.05, 0.1) is 6.07 Å². The standard InChI is InChI=1S/C7H8N4O2/c1-4(2-8)11-3-5(9)6(12)10-7(11)13/h3-4H,9H2,1H3,(H,10,12,13). The fourth-order valence-corrected chi connectivity index (χ4v) is 0.851. The van der Waals surface area contributed by atoms with Crippen molar-refractivity contribution >= 4 is 5.69 Å². The molecule has 0 amide bonds. The van der Waals surface area contributed by atoms with Crippen LogP contribution < -0.4 is 17.0 Å². The van der Waals surface area contributed by atoms with Gasteiger partial charge in [0.1, 0.15) is 11.7 Å². The van der Waals surface area contributed by atoms with E-state index in [4.69, 9.17) is 11.0 Å². The Morgan fingerprint density at radius 3 is 2.85 bits per heavy atom. The van der Waals surface area contributed by atoms with E-state index in [1.165, 1.54) is 6.92 Å². The summed E-state index contributed by atoms with van der Waals surface area (Å²) >= 11 is 0. The molecule has 0 saturated carbocycles. The molecule has 0 aliphatic carbocycles. The number of nitrogens with two attached hydrogens (primary N) is 1. The molecule has 1 unspecified atom stereocenters. The van der Waals surface area contributed by atoms with Gasteiger partial charge in [-0.15, -0.1) is 0 Å². The van der Waals surface area contributed by atoms with Crippen LogP contribution in [0.2, 0.25) is 0 Å². The lowest BCUT2D eigenvalue weighted by Gasteiger charge is -2.05. The number of aromatic amines is 1. The monoisotopic (exact) mass is 180 g/mol. The van der Waals surface area contributed by atoms with Crippen molar-refractivity contribution in [2.24, 2.45) is 0 Å². The molecule has 0 aliphatic heterocycles. The third-order valence-corrected chi connectivity index (χ3v) is 1.60. The first-order valence-electron chi connectivity index (χ1n) is 3.57. The zero-order valence-electron chi connectivity index (χ0n) is 6.94. The molecule has 0 aromatic carbocycles. The number of nitrogens with one attached hydrogen (secondary N) is 1. The highest BCUT2D eigenvalue weighted by atomic mass is 16.2. The summed E-state index contributed by atoms with van der Waals surface area (Å²) in [6, 6.07) is 1.21. The maximum atomic E-state index is 11.1. The molecule has 6 heteroatoms. The highest BCUT2D eigenvalue weighted by Crippen LogP contribution is 1.99. The van der Waals surface area contributed by atoms with E-state index in [1.54, 1.807) is 0 Å². The van der Waals surface area contributed by atoms with E-state index in [1.807, 2.05) is 11.1 Å². The van der Waals surface area contributed by atoms with Crippen molar-refractivity contribution in [1.82, 2.24) is 9.55 Å². The summed E-state index contributed by atoms with van der Waals surface area (Å²) in [5.41, 5.74) is 3.92. The molecule has 0 radical (unpaired) electrons. The smallest absolute Gasteiger partial charge is 0.329 e. The number of nitrogens with zero attached hydrogens (tertiary/aromatic N) is 2. The van der Waals surface area contributed by atoms with Crippen molar-refractivity contribution in [3.63, 3.8) is 0 Å². The van der Waals surface area contributed by atoms with Gasteiger partial charge in [0.2, 0.25) is 0 Å². The average molecular weight is 180 g/mol. The van der Waals surface area contributed by atoms with Crippen LogP contribution in [0.25, 0.3) is 0 Å². The summed E-state index contributed by atoms with van der Waals surface area (Å²) in [6.07, 6.45) is 1.16. The molecule has 1 aromatic heterocycles. The second-order valence-corrected chi connectivity index (χ2v) is 2.56. The van der Waals surface area contributed by atoms with Crippen molar-refractivity contribution in [1.29, 1.82) is 5.26 Å². The van der Waals surface area contributed by atoms with Gasteiger partial charge in [-0.05, 0) is 6.92 Å². The third-order valence-electron chi connectivity index (χ3n) is 1.60. The van der Waals surface area contributed by atoms with E-state index in [0.29, 0.717) is 0 Å². The van der Waals surface area contributed by atoms with E-state index < -0.39 is 17.3 Å². The van der Waals surface area contributed by atoms with Gasteiger partial charge >= 0.3 is 5.69 Å². The molecule has 1 aromatic rings. The number of hydrogen-bond donors (Lipinski definition) is 2. The zero-order chi connectivity index (χ0) is 10.0. The third kappa shape index (κ3) is 1.59. The van der Waals surface area contributed by atoms with Crippen molar-refractivity contribution in [2.45, 2.75) is 13.0 Å². The Morgan fingerprint density at radius 2 is 2.31 bits per heavy atom. The van der Waals surface area contributed by atoms with Crippen LogP contribution in [0, 0.1) is 11.3 Å². The Bertz CT molecular complexity index is 465. The highest BCUT2D eigenvalue weighted by molar-refractivity contribution is 5.30. The Morgan fingerprint density at radius 1 is 1.69 bits per heavy atom. The molecule has 0 bridgehead atoms. The minimum absolute atomic E-state index is 0.0818. The fraction of sp³-hybridized carbons (Fsp3) is 0.286. The van der Waals surface area contributed by atoms with Gasteiger partial charge in [-0.1, -0.05) is 0 Å². The molecule has 0 fully saturated rings. The van der Waals surface area contributed by atoms with Crippen molar-refractivity contribution in [3.8, 4) is 6.07 Å². The number of aromatic nitrogens is 2. The Balaban J connectivity index is 3.43. The van der Waals surface area contributed by atoms with Crippen LogP contribution in [0.1, 0.15) is 13.0 Å². The maximum absolute atomic E-state index is 11.1. The number of nitrogen functional groups attached to an aromatic ring is 1. The van der Waals surface area contributed by atoms with Gasteiger partial charge in [-0.3, -0.25) is 14.3 Å². The Hall–Kier alpha value is -2.03. The molecule has 3 N–H and O–H groups in total. The minimum Gasteiger partial charge on any atom is -0.393 e. The van der Waals surface area contributed by atoms with Crippen LogP contribution in [0.4, 0.5) is 5.69 Å². The van der Waals surface area contributed by atoms with Gasteiger partial charge in [0.15, 0.2) is 0 Å². The van der Waals surface area contributed by atoms with Gasteiger partial charge in [-0.25, -0.2) is 4.79 Å². The largest absolute Gasteiger partial charge is 0.393 e. The number of rotatable bonds is 1. The van der Waals surface area contributed by atoms with Gasteiger partial charge < -0.3 is 5.73 Å². The first-order valence-corrected chi connectivity index (χ1v) is 3.57. The van der Waals surface area contributed by atoms with Crippen LogP contribution in [0.3, 0.4) is 0 Å². The predicted molar refractivity (Wildman–Crippen MR) is 46.1 cm³/mol. The Kier molecular flexibility index (Phi) is 2.19. The molecule has 0 aliphatic rings. The second-order valence-electron chi connectivity index (χ2n) is 2.56. The fourth-order valence-electron chi connectivity index (χ4n) is 0.851. The van der Waals surface area contributed by atoms with E-state index in [2.05, 4.69) is 0 Å². The Labute approximate surface area is 73.2 Å². The first kappa shape index (κ1) is 9.06. The molecule has 1 heterocycles. The number of H-pyrrole nitrogens is 1. The molecule has 68 valence electrons. The molecule has 0 saturated heterocycles. The van der Waals surface area contributed by atoms with E-state index in [-0.39, 0.29) is 5.69 Å². The van der Waals surface area contributed by atoms with Crippen molar-refractivity contribution in [3.05, 3.63) is 27.0 Å². The molecule has 1 rings (SSSR count). The highest BCUT2D eigenvalue weighted by Gasteiger charge is 2.06. The SMILES string of the molecule is CC(C#N)n1cc(N)c(=O)[nH]c1=O. The summed E-state index contributed by atoms with van der Waals surface area (Å²) in [4.78, 5) is 23.9. The second kappa shape index (κ2) is 3.15. The van der Waals surface area contributed by atoms with Crippen molar-refractivity contribution < 1.29 is 0 Å². The molecule has 1 atom stereocenters. The van der Waals surface area contributed by atoms with Crippen LogP contribution in [0.15, 0.2) is 15.8 Å². The molecule has 13 heavy (non-hydrogen) atoms. The lowest BCUT2D eigenvalue weighted by atomic mass is 10.3. The van der Waals surface area contributed by atoms with Gasteiger partial charge in [-0.2, -0.15) is 5.26 Å². The number of nitriles is 1. The summed E-state index contributed by atoms with van der Waals surface area (Å²) in [6.45, 7) is 1.53. The molecule has 6 nitrogen and oxygen atoms in total. The zero-order valence-corrected chi connectivity index (χ0v) is 6.94. The molecular formula is C7H8N4O2. The predicted octanol–water partition coefficient (Wildman–Crippen LogP) is -0.797. The topological polar surface area (TPSA) is 105 Å². The number of hydrogen-bond acceptors (Lipinski definition) is 4. The lowest BCUT2D eigenvalue weighted by molar-refractivity contribution is 0.624. The van der Waals surface area contributed by atoms with Gasteiger partial charge in [0, 0.05) is 6.20 Å². The minimum atomic E-state index is -0.647. The molecular weight excluding hydrogens is 172 g/mol.